The Morgan fingerprint density at radius 3 is 2.41 bits per heavy atom. The maximum atomic E-state index is 15.4. The highest BCUT2D eigenvalue weighted by molar-refractivity contribution is 6.15. The first-order chi connectivity index (χ1) is 19.7. The Hall–Kier alpha value is -4.73. The van der Waals surface area contributed by atoms with E-state index in [1.165, 1.54) is 7.11 Å². The number of nitrogens with one attached hydrogen (secondary N) is 1. The van der Waals surface area contributed by atoms with E-state index in [1.807, 2.05) is 18.2 Å². The van der Waals surface area contributed by atoms with Crippen LogP contribution in [0.1, 0.15) is 42.0 Å². The lowest BCUT2D eigenvalue weighted by Crippen LogP contribution is -2.36. The van der Waals surface area contributed by atoms with Crippen molar-refractivity contribution >= 4 is 29.7 Å². The molecule has 214 valence electrons. The Balaban J connectivity index is 1.60. The predicted molar refractivity (Wildman–Crippen MR) is 149 cm³/mol. The number of aliphatic imine (C=N–C) groups is 1. The van der Waals surface area contributed by atoms with Gasteiger partial charge in [0.05, 0.1) is 30.5 Å². The van der Waals surface area contributed by atoms with Crippen molar-refractivity contribution in [3.05, 3.63) is 100 Å². The summed E-state index contributed by atoms with van der Waals surface area (Å²) in [6, 6.07) is 15.8. The van der Waals surface area contributed by atoms with Gasteiger partial charge in [-0.1, -0.05) is 30.3 Å². The molecule has 0 aromatic heterocycles. The fourth-order valence-corrected chi connectivity index (χ4v) is 4.23. The largest absolute Gasteiger partial charge is 0.506 e. The minimum absolute atomic E-state index is 0.0185. The zero-order valence-corrected chi connectivity index (χ0v) is 22.9. The lowest BCUT2D eigenvalue weighted by molar-refractivity contribution is -0.137. The number of alkyl carbamates (subject to hydrolysis) is 1. The number of nitrogens with zero attached hydrogens (tertiary/aromatic N) is 1. The first kappa shape index (κ1) is 29.3. The first-order valence-corrected chi connectivity index (χ1v) is 12.9. The normalized spacial score (nSPS) is 14.3. The van der Waals surface area contributed by atoms with Crippen molar-refractivity contribution < 1.29 is 37.7 Å². The van der Waals surface area contributed by atoms with E-state index in [9.17, 15) is 14.7 Å². The summed E-state index contributed by atoms with van der Waals surface area (Å²) in [6.45, 7) is 3.34. The molecule has 4 rings (SSSR count). The van der Waals surface area contributed by atoms with Gasteiger partial charge in [-0.2, -0.15) is 0 Å². The van der Waals surface area contributed by atoms with Gasteiger partial charge in [0.15, 0.2) is 0 Å². The van der Waals surface area contributed by atoms with Gasteiger partial charge < -0.3 is 24.6 Å². The van der Waals surface area contributed by atoms with E-state index >= 15 is 8.78 Å². The monoisotopic (exact) mass is 564 g/mol. The highest BCUT2D eigenvalue weighted by atomic mass is 19.1. The maximum Gasteiger partial charge on any atom is 0.408 e. The summed E-state index contributed by atoms with van der Waals surface area (Å²) in [7, 11) is 1.52. The van der Waals surface area contributed by atoms with Gasteiger partial charge in [-0.25, -0.2) is 18.4 Å². The van der Waals surface area contributed by atoms with Crippen LogP contribution in [0.5, 0.6) is 5.75 Å². The van der Waals surface area contributed by atoms with Crippen molar-refractivity contribution in [2.24, 2.45) is 4.99 Å². The molecule has 2 N–H and O–H groups in total. The molecule has 0 saturated heterocycles. The summed E-state index contributed by atoms with van der Waals surface area (Å²) >= 11 is 0. The van der Waals surface area contributed by atoms with Gasteiger partial charge in [0.1, 0.15) is 35.3 Å². The molecule has 1 saturated carbocycles. The number of hydrogen-bond acceptors (Lipinski definition) is 7. The average molecular weight is 565 g/mol. The van der Waals surface area contributed by atoms with Crippen LogP contribution in [-0.4, -0.2) is 37.1 Å². The third-order valence-corrected chi connectivity index (χ3v) is 6.62. The topological polar surface area (TPSA) is 106 Å². The second kappa shape index (κ2) is 12.6. The van der Waals surface area contributed by atoms with Crippen LogP contribution in [0, 0.1) is 18.6 Å². The predicted octanol–water partition coefficient (Wildman–Crippen LogP) is 6.43. The number of halogens is 2. The third-order valence-electron chi connectivity index (χ3n) is 6.62. The Bertz CT molecular complexity index is 1500. The Labute approximate surface area is 236 Å². The lowest BCUT2D eigenvalue weighted by Gasteiger charge is -2.19. The number of carbonyl (C=O) groups excluding carboxylic acids is 2. The van der Waals surface area contributed by atoms with Crippen LogP contribution in [0.4, 0.5) is 19.3 Å². The van der Waals surface area contributed by atoms with Gasteiger partial charge in [0.2, 0.25) is 0 Å². The summed E-state index contributed by atoms with van der Waals surface area (Å²) in [5, 5.41) is 13.5. The summed E-state index contributed by atoms with van der Waals surface area (Å²) < 4.78 is 46.1. The number of aliphatic hydroxyl groups excluding tert-OH is 1. The zero-order valence-electron chi connectivity index (χ0n) is 22.9. The van der Waals surface area contributed by atoms with E-state index < -0.39 is 46.1 Å². The quantitative estimate of drug-likeness (QED) is 0.127. The van der Waals surface area contributed by atoms with Crippen LogP contribution >= 0.6 is 0 Å². The molecule has 8 nitrogen and oxygen atoms in total. The fraction of sp³-hybridized carbons (Fsp3) is 0.258. The van der Waals surface area contributed by atoms with Crippen molar-refractivity contribution in [1.82, 2.24) is 5.32 Å². The highest BCUT2D eigenvalue weighted by Gasteiger charge is 2.48. The van der Waals surface area contributed by atoms with Gasteiger partial charge in [-0.3, -0.25) is 4.99 Å². The van der Waals surface area contributed by atoms with Gasteiger partial charge in [-0.05, 0) is 68.1 Å². The van der Waals surface area contributed by atoms with Crippen molar-refractivity contribution in [2.45, 2.75) is 38.8 Å². The molecular weight excluding hydrogens is 534 g/mol. The van der Waals surface area contributed by atoms with E-state index in [4.69, 9.17) is 14.2 Å². The highest BCUT2D eigenvalue weighted by Crippen LogP contribution is 2.47. The average Bonchev–Trinajstić information content (AvgIpc) is 3.74. The fourth-order valence-electron chi connectivity index (χ4n) is 4.23. The molecule has 0 atom stereocenters. The lowest BCUT2D eigenvalue weighted by atomic mass is 9.99. The molecule has 1 amide bonds. The Morgan fingerprint density at radius 1 is 1.05 bits per heavy atom. The van der Waals surface area contributed by atoms with Gasteiger partial charge in [-0.15, -0.1) is 0 Å². The number of methoxy groups -OCH3 is 1. The number of amides is 1. The summed E-state index contributed by atoms with van der Waals surface area (Å²) in [6.07, 6.45) is 1.01. The van der Waals surface area contributed by atoms with E-state index in [0.717, 1.165) is 29.5 Å². The molecule has 10 heteroatoms. The molecule has 1 aliphatic carbocycles. The number of aryl methyl sites for hydroxylation is 1. The molecule has 3 aromatic carbocycles. The molecule has 0 unspecified atom stereocenters. The van der Waals surface area contributed by atoms with Crippen molar-refractivity contribution in [3.63, 3.8) is 0 Å². The van der Waals surface area contributed by atoms with Crippen LogP contribution in [0.2, 0.25) is 0 Å². The van der Waals surface area contributed by atoms with Crippen LogP contribution in [0.3, 0.4) is 0 Å². The van der Waals surface area contributed by atoms with Crippen LogP contribution in [-0.2, 0) is 26.4 Å². The minimum Gasteiger partial charge on any atom is -0.506 e. The van der Waals surface area contributed by atoms with Gasteiger partial charge in [0.25, 0.3) is 0 Å². The molecule has 1 fully saturated rings. The van der Waals surface area contributed by atoms with E-state index in [2.05, 4.69) is 10.3 Å². The maximum absolute atomic E-state index is 15.4. The number of esters is 1. The number of hydrogen-bond donors (Lipinski definition) is 2. The van der Waals surface area contributed by atoms with Crippen LogP contribution in [0.15, 0.2) is 71.2 Å². The zero-order chi connectivity index (χ0) is 29.6. The molecule has 0 heterocycles. The first-order valence-electron chi connectivity index (χ1n) is 12.9. The summed E-state index contributed by atoms with van der Waals surface area (Å²) in [5.41, 5.74) is -0.305. The molecule has 0 bridgehead atoms. The van der Waals surface area contributed by atoms with Crippen molar-refractivity contribution in [2.75, 3.05) is 13.7 Å². The van der Waals surface area contributed by atoms with E-state index in [-0.39, 0.29) is 18.8 Å². The van der Waals surface area contributed by atoms with E-state index in [0.29, 0.717) is 24.3 Å². The molecule has 3 aromatic rings. The number of aliphatic hydroxyl groups is 1. The Kier molecular flexibility index (Phi) is 9.01. The van der Waals surface area contributed by atoms with Crippen molar-refractivity contribution in [1.29, 1.82) is 0 Å². The molecule has 0 spiro atoms. The summed E-state index contributed by atoms with van der Waals surface area (Å²) in [5.74, 6) is -3.08. The molecule has 0 aliphatic heterocycles. The van der Waals surface area contributed by atoms with Gasteiger partial charge in [0, 0.05) is 11.8 Å². The van der Waals surface area contributed by atoms with Crippen LogP contribution < -0.4 is 10.1 Å². The molecule has 1 aliphatic rings. The summed E-state index contributed by atoms with van der Waals surface area (Å²) in [4.78, 5) is 29.3. The standard InChI is InChI=1S/C31H30F2N2O6/c1-4-40-29(37)23(17-34-27-11-10-21(39-3)14-19(27)2)28(36)22-15-26(33)24(16-25(22)32)31(12-13-31)35-30(38)41-18-20-8-6-5-7-9-20/h5-11,14-17,36H,4,12-13,18H2,1-3H3,(H,35,38)/b28-23-,34-17?. The van der Waals surface area contributed by atoms with Crippen LogP contribution in [0.25, 0.3) is 5.76 Å². The van der Waals surface area contributed by atoms with Gasteiger partial charge >= 0.3 is 12.1 Å². The molecular formula is C31H30F2N2O6. The second-order valence-corrected chi connectivity index (χ2v) is 9.47. The van der Waals surface area contributed by atoms with E-state index in [1.54, 1.807) is 44.2 Å². The number of carbonyl (C=O) groups is 2. The Morgan fingerprint density at radius 2 is 1.78 bits per heavy atom. The molecule has 0 radical (unpaired) electrons. The SMILES string of the molecule is CCOC(=O)/C(C=Nc1ccc(OC)cc1C)=C(\O)c1cc(F)c(C2(NC(=O)OCc3ccccc3)CC2)cc1F. The smallest absolute Gasteiger partial charge is 0.408 e. The molecule has 41 heavy (non-hydrogen) atoms. The van der Waals surface area contributed by atoms with Crippen molar-refractivity contribution in [3.8, 4) is 5.75 Å². The third kappa shape index (κ3) is 6.89. The minimum atomic E-state index is -1.14. The number of benzene rings is 3. The second-order valence-electron chi connectivity index (χ2n) is 9.47. The number of rotatable bonds is 10. The number of ether oxygens (including phenoxy) is 3.